The highest BCUT2D eigenvalue weighted by Crippen LogP contribution is 2.16. The number of para-hydroxylation sites is 1. The minimum Gasteiger partial charge on any atom is -0.368 e. The van der Waals surface area contributed by atoms with E-state index in [2.05, 4.69) is 16.9 Å². The molecule has 2 aromatic rings. The summed E-state index contributed by atoms with van der Waals surface area (Å²) in [7, 11) is 0. The number of aromatic nitrogens is 1. The first kappa shape index (κ1) is 14.7. The topological polar surface area (TPSA) is 85.1 Å². The summed E-state index contributed by atoms with van der Waals surface area (Å²) in [5, 5.41) is 3.53. The molecule has 5 nitrogen and oxygen atoms in total. The molecule has 1 aromatic heterocycles. The van der Waals surface area contributed by atoms with Crippen molar-refractivity contribution in [3.05, 3.63) is 54.7 Å². The van der Waals surface area contributed by atoms with Crippen LogP contribution in [0.25, 0.3) is 10.9 Å². The van der Waals surface area contributed by atoms with Gasteiger partial charge in [0.05, 0.1) is 11.1 Å². The zero-order chi connectivity index (χ0) is 15.2. The van der Waals surface area contributed by atoms with Crippen molar-refractivity contribution in [1.82, 2.24) is 10.3 Å². The molecular formula is C16H17N3O2. The summed E-state index contributed by atoms with van der Waals surface area (Å²) in [5.74, 6) is -0.912. The molecule has 0 aliphatic heterocycles. The Balaban J connectivity index is 2.25. The number of allylic oxidation sites excluding steroid dienone is 1. The van der Waals surface area contributed by atoms with Crippen molar-refractivity contribution < 1.29 is 9.59 Å². The third kappa shape index (κ3) is 3.45. The molecule has 2 rings (SSSR count). The lowest BCUT2D eigenvalue weighted by Gasteiger charge is -2.15. The van der Waals surface area contributed by atoms with Crippen LogP contribution in [0.3, 0.4) is 0 Å². The number of nitrogens with zero attached hydrogens (tertiary/aromatic N) is 1. The molecule has 5 heteroatoms. The molecule has 1 atom stereocenters. The Morgan fingerprint density at radius 1 is 1.33 bits per heavy atom. The van der Waals surface area contributed by atoms with Gasteiger partial charge in [0.2, 0.25) is 5.91 Å². The van der Waals surface area contributed by atoms with Gasteiger partial charge in [0.15, 0.2) is 0 Å². The third-order valence-electron chi connectivity index (χ3n) is 3.19. The zero-order valence-corrected chi connectivity index (χ0v) is 11.6. The number of fused-ring (bicyclic) bond motifs is 1. The molecule has 0 aliphatic rings. The lowest BCUT2D eigenvalue weighted by molar-refractivity contribution is -0.119. The van der Waals surface area contributed by atoms with Gasteiger partial charge in [-0.05, 0) is 25.0 Å². The van der Waals surface area contributed by atoms with Crippen LogP contribution in [0, 0.1) is 0 Å². The summed E-state index contributed by atoms with van der Waals surface area (Å²) in [5.41, 5.74) is 6.34. The molecule has 0 saturated carbocycles. The number of hydrogen-bond acceptors (Lipinski definition) is 3. The van der Waals surface area contributed by atoms with E-state index in [9.17, 15) is 9.59 Å². The quantitative estimate of drug-likeness (QED) is 0.792. The Kier molecular flexibility index (Phi) is 4.66. The SMILES string of the molecule is C=CCC[C@@H](NC(=O)c1cccc2cccnc12)C(N)=O. The van der Waals surface area contributed by atoms with Crippen LogP contribution in [0.1, 0.15) is 23.2 Å². The molecule has 108 valence electrons. The van der Waals surface area contributed by atoms with E-state index in [1.807, 2.05) is 12.1 Å². The van der Waals surface area contributed by atoms with E-state index < -0.39 is 11.9 Å². The van der Waals surface area contributed by atoms with Crippen LogP contribution in [-0.4, -0.2) is 22.8 Å². The van der Waals surface area contributed by atoms with E-state index in [0.717, 1.165) is 5.39 Å². The first-order chi connectivity index (χ1) is 10.1. The molecule has 1 aromatic carbocycles. The van der Waals surface area contributed by atoms with Gasteiger partial charge in [-0.3, -0.25) is 14.6 Å². The van der Waals surface area contributed by atoms with Gasteiger partial charge in [-0.25, -0.2) is 0 Å². The summed E-state index contributed by atoms with van der Waals surface area (Å²) in [4.78, 5) is 28.0. The lowest BCUT2D eigenvalue weighted by atomic mass is 10.1. The van der Waals surface area contributed by atoms with Crippen molar-refractivity contribution >= 4 is 22.7 Å². The minimum atomic E-state index is -0.713. The third-order valence-corrected chi connectivity index (χ3v) is 3.19. The van der Waals surface area contributed by atoms with Crippen molar-refractivity contribution in [2.75, 3.05) is 0 Å². The van der Waals surface area contributed by atoms with Crippen LogP contribution in [0.4, 0.5) is 0 Å². The van der Waals surface area contributed by atoms with Crippen LogP contribution in [0.5, 0.6) is 0 Å². The summed E-state index contributed by atoms with van der Waals surface area (Å²) in [6, 6.07) is 8.30. The smallest absolute Gasteiger partial charge is 0.254 e. The number of nitrogens with two attached hydrogens (primary N) is 1. The second-order valence-electron chi connectivity index (χ2n) is 4.68. The average Bonchev–Trinajstić information content (AvgIpc) is 2.50. The number of primary amides is 1. The number of rotatable bonds is 6. The van der Waals surface area contributed by atoms with Gasteiger partial charge in [0.25, 0.3) is 5.91 Å². The predicted molar refractivity (Wildman–Crippen MR) is 81.6 cm³/mol. The van der Waals surface area contributed by atoms with E-state index in [4.69, 9.17) is 5.73 Å². The summed E-state index contributed by atoms with van der Waals surface area (Å²) >= 11 is 0. The van der Waals surface area contributed by atoms with E-state index in [1.54, 1.807) is 30.5 Å². The molecule has 3 N–H and O–H groups in total. The van der Waals surface area contributed by atoms with Crippen molar-refractivity contribution in [2.24, 2.45) is 5.73 Å². The maximum atomic E-state index is 12.4. The van der Waals surface area contributed by atoms with Crippen molar-refractivity contribution in [3.63, 3.8) is 0 Å². The highest BCUT2D eigenvalue weighted by molar-refractivity contribution is 6.06. The fourth-order valence-corrected chi connectivity index (χ4v) is 2.09. The monoisotopic (exact) mass is 283 g/mol. The second kappa shape index (κ2) is 6.65. The fraction of sp³-hybridized carbons (Fsp3) is 0.188. The Bertz CT molecular complexity index is 677. The van der Waals surface area contributed by atoms with Crippen molar-refractivity contribution in [2.45, 2.75) is 18.9 Å². The summed E-state index contributed by atoms with van der Waals surface area (Å²) in [6.07, 6.45) is 4.34. The molecule has 0 radical (unpaired) electrons. The van der Waals surface area contributed by atoms with Gasteiger partial charge in [-0.15, -0.1) is 6.58 Å². The highest BCUT2D eigenvalue weighted by atomic mass is 16.2. The molecule has 1 heterocycles. The molecule has 0 spiro atoms. The molecule has 0 unspecified atom stereocenters. The van der Waals surface area contributed by atoms with Crippen molar-refractivity contribution in [3.8, 4) is 0 Å². The normalized spacial score (nSPS) is 11.8. The van der Waals surface area contributed by atoms with Crippen LogP contribution in [0.2, 0.25) is 0 Å². The fourth-order valence-electron chi connectivity index (χ4n) is 2.09. The number of carbonyl (C=O) groups is 2. The lowest BCUT2D eigenvalue weighted by Crippen LogP contribution is -2.44. The number of amides is 2. The molecule has 0 bridgehead atoms. The Morgan fingerprint density at radius 2 is 2.10 bits per heavy atom. The molecule has 0 fully saturated rings. The van der Waals surface area contributed by atoms with Crippen LogP contribution in [0.15, 0.2) is 49.2 Å². The van der Waals surface area contributed by atoms with E-state index in [-0.39, 0.29) is 5.91 Å². The predicted octanol–water partition coefficient (Wildman–Crippen LogP) is 1.78. The van der Waals surface area contributed by atoms with Gasteiger partial charge in [-0.1, -0.05) is 24.3 Å². The Morgan fingerprint density at radius 3 is 2.81 bits per heavy atom. The number of benzene rings is 1. The number of carbonyl (C=O) groups excluding carboxylic acids is 2. The number of hydrogen-bond donors (Lipinski definition) is 2. The standard InChI is InChI=1S/C16H17N3O2/c1-2-3-9-13(15(17)20)19-16(21)12-8-4-6-11-7-5-10-18-14(11)12/h2,4-8,10,13H,1,3,9H2,(H2,17,20)(H,19,21)/t13-/m1/s1. The maximum Gasteiger partial charge on any atom is 0.254 e. The first-order valence-corrected chi connectivity index (χ1v) is 6.68. The zero-order valence-electron chi connectivity index (χ0n) is 11.6. The van der Waals surface area contributed by atoms with Gasteiger partial charge in [-0.2, -0.15) is 0 Å². The van der Waals surface area contributed by atoms with Gasteiger partial charge in [0, 0.05) is 11.6 Å². The maximum absolute atomic E-state index is 12.4. The van der Waals surface area contributed by atoms with Gasteiger partial charge in [0.1, 0.15) is 6.04 Å². The Hall–Kier alpha value is -2.69. The summed E-state index contributed by atoms with van der Waals surface area (Å²) < 4.78 is 0. The first-order valence-electron chi connectivity index (χ1n) is 6.68. The van der Waals surface area contributed by atoms with Gasteiger partial charge < -0.3 is 11.1 Å². The molecule has 2 amide bonds. The number of nitrogens with one attached hydrogen (secondary N) is 1. The minimum absolute atomic E-state index is 0.354. The van der Waals surface area contributed by atoms with Crippen molar-refractivity contribution in [1.29, 1.82) is 0 Å². The molecule has 0 saturated heterocycles. The number of pyridine rings is 1. The van der Waals surface area contributed by atoms with E-state index in [1.165, 1.54) is 0 Å². The van der Waals surface area contributed by atoms with E-state index in [0.29, 0.717) is 23.9 Å². The summed E-state index contributed by atoms with van der Waals surface area (Å²) in [6.45, 7) is 3.60. The van der Waals surface area contributed by atoms with Crippen LogP contribution < -0.4 is 11.1 Å². The second-order valence-corrected chi connectivity index (χ2v) is 4.68. The Labute approximate surface area is 122 Å². The van der Waals surface area contributed by atoms with Gasteiger partial charge >= 0.3 is 0 Å². The largest absolute Gasteiger partial charge is 0.368 e. The average molecular weight is 283 g/mol. The van der Waals surface area contributed by atoms with Crippen LogP contribution in [-0.2, 0) is 4.79 Å². The van der Waals surface area contributed by atoms with E-state index >= 15 is 0 Å². The highest BCUT2D eigenvalue weighted by Gasteiger charge is 2.19. The molecule has 0 aliphatic carbocycles. The molecular weight excluding hydrogens is 266 g/mol. The molecule has 21 heavy (non-hydrogen) atoms. The van der Waals surface area contributed by atoms with Crippen LogP contribution >= 0.6 is 0 Å².